The van der Waals surface area contributed by atoms with Gasteiger partial charge in [0, 0.05) is 10.6 Å². The minimum absolute atomic E-state index is 0.407. The van der Waals surface area contributed by atoms with Gasteiger partial charge in [-0.25, -0.2) is 0 Å². The van der Waals surface area contributed by atoms with Crippen molar-refractivity contribution in [2.75, 3.05) is 0 Å². The summed E-state index contributed by atoms with van der Waals surface area (Å²) in [5.41, 5.74) is 1.84. The van der Waals surface area contributed by atoms with E-state index in [4.69, 9.17) is 16.3 Å². The van der Waals surface area contributed by atoms with Crippen LogP contribution >= 0.6 is 11.6 Å². The smallest absolute Gasteiger partial charge is 0.120 e. The van der Waals surface area contributed by atoms with Gasteiger partial charge in [0.05, 0.1) is 6.10 Å². The monoisotopic (exact) mass is 304 g/mol. The van der Waals surface area contributed by atoms with Crippen molar-refractivity contribution in [3.05, 3.63) is 64.7 Å². The first-order valence-corrected chi connectivity index (χ1v) is 7.58. The summed E-state index contributed by atoms with van der Waals surface area (Å²) in [4.78, 5) is 0. The van der Waals surface area contributed by atoms with Crippen LogP contribution in [0.25, 0.3) is 0 Å². The highest BCUT2D eigenvalue weighted by atomic mass is 35.5. The third-order valence-corrected chi connectivity index (χ3v) is 3.61. The highest BCUT2D eigenvalue weighted by Crippen LogP contribution is 2.31. The number of halogens is 1. The van der Waals surface area contributed by atoms with Gasteiger partial charge in [0.2, 0.25) is 0 Å². The van der Waals surface area contributed by atoms with Gasteiger partial charge in [-0.1, -0.05) is 55.8 Å². The SMILES string of the molecule is CC(C)CC(O)c1cc(OCc2ccccc2)ccc1Cl. The van der Waals surface area contributed by atoms with E-state index in [1.807, 2.05) is 42.5 Å². The largest absolute Gasteiger partial charge is 0.489 e. The Labute approximate surface area is 131 Å². The molecule has 2 aromatic rings. The van der Waals surface area contributed by atoms with Gasteiger partial charge in [0.1, 0.15) is 12.4 Å². The lowest BCUT2D eigenvalue weighted by Gasteiger charge is -2.16. The lowest BCUT2D eigenvalue weighted by atomic mass is 9.99. The summed E-state index contributed by atoms with van der Waals surface area (Å²) < 4.78 is 5.77. The first-order chi connectivity index (χ1) is 10.1. The molecule has 112 valence electrons. The van der Waals surface area contributed by atoms with E-state index >= 15 is 0 Å². The van der Waals surface area contributed by atoms with Crippen molar-refractivity contribution in [3.8, 4) is 5.75 Å². The van der Waals surface area contributed by atoms with E-state index in [0.717, 1.165) is 16.9 Å². The fourth-order valence-electron chi connectivity index (χ4n) is 2.18. The van der Waals surface area contributed by atoms with E-state index in [1.54, 1.807) is 6.07 Å². The number of aliphatic hydroxyl groups is 1. The summed E-state index contributed by atoms with van der Waals surface area (Å²) in [6.45, 7) is 4.65. The van der Waals surface area contributed by atoms with E-state index in [2.05, 4.69) is 13.8 Å². The van der Waals surface area contributed by atoms with Gasteiger partial charge in [0.25, 0.3) is 0 Å². The first kappa shape index (κ1) is 15.9. The van der Waals surface area contributed by atoms with Crippen LogP contribution in [-0.2, 0) is 6.61 Å². The standard InChI is InChI=1S/C18H21ClO2/c1-13(2)10-18(20)16-11-15(8-9-17(16)19)21-12-14-6-4-3-5-7-14/h3-9,11,13,18,20H,10,12H2,1-2H3. The second-order valence-electron chi connectivity index (χ2n) is 5.60. The second-order valence-corrected chi connectivity index (χ2v) is 6.01. The van der Waals surface area contributed by atoms with Crippen LogP contribution in [-0.4, -0.2) is 5.11 Å². The van der Waals surface area contributed by atoms with Gasteiger partial charge in [-0.2, -0.15) is 0 Å². The number of benzene rings is 2. The van der Waals surface area contributed by atoms with Crippen molar-refractivity contribution in [1.82, 2.24) is 0 Å². The van der Waals surface area contributed by atoms with Crippen molar-refractivity contribution in [1.29, 1.82) is 0 Å². The van der Waals surface area contributed by atoms with Crippen molar-refractivity contribution in [2.45, 2.75) is 33.0 Å². The summed E-state index contributed by atoms with van der Waals surface area (Å²) >= 11 is 6.18. The van der Waals surface area contributed by atoms with Gasteiger partial charge in [-0.3, -0.25) is 0 Å². The van der Waals surface area contributed by atoms with E-state index in [-0.39, 0.29) is 0 Å². The third-order valence-electron chi connectivity index (χ3n) is 3.27. The van der Waals surface area contributed by atoms with Crippen molar-refractivity contribution < 1.29 is 9.84 Å². The van der Waals surface area contributed by atoms with E-state index in [0.29, 0.717) is 24.0 Å². The Kier molecular flexibility index (Phi) is 5.66. The average Bonchev–Trinajstić information content (AvgIpc) is 2.46. The fourth-order valence-corrected chi connectivity index (χ4v) is 2.42. The zero-order valence-electron chi connectivity index (χ0n) is 12.4. The van der Waals surface area contributed by atoms with Crippen LogP contribution in [0, 0.1) is 5.92 Å². The molecule has 0 fully saturated rings. The topological polar surface area (TPSA) is 29.5 Å². The first-order valence-electron chi connectivity index (χ1n) is 7.20. The molecule has 0 spiro atoms. The molecule has 0 bridgehead atoms. The maximum absolute atomic E-state index is 10.2. The molecule has 21 heavy (non-hydrogen) atoms. The number of hydrogen-bond acceptors (Lipinski definition) is 2. The molecule has 3 heteroatoms. The minimum atomic E-state index is -0.558. The molecule has 0 aliphatic rings. The number of aliphatic hydroxyl groups excluding tert-OH is 1. The highest BCUT2D eigenvalue weighted by Gasteiger charge is 2.14. The lowest BCUT2D eigenvalue weighted by Crippen LogP contribution is -2.03. The van der Waals surface area contributed by atoms with Gasteiger partial charge in [-0.05, 0) is 36.1 Å². The summed E-state index contributed by atoms with van der Waals surface area (Å²) in [5.74, 6) is 1.13. The molecule has 2 aromatic carbocycles. The number of rotatable bonds is 6. The van der Waals surface area contributed by atoms with Gasteiger partial charge in [-0.15, -0.1) is 0 Å². The normalized spacial score (nSPS) is 12.4. The molecular formula is C18H21ClO2. The third kappa shape index (κ3) is 4.76. The fraction of sp³-hybridized carbons (Fsp3) is 0.333. The Morgan fingerprint density at radius 1 is 1.10 bits per heavy atom. The maximum atomic E-state index is 10.2. The Morgan fingerprint density at radius 3 is 2.48 bits per heavy atom. The molecule has 0 aliphatic heterocycles. The minimum Gasteiger partial charge on any atom is -0.489 e. The van der Waals surface area contributed by atoms with Crippen LogP contribution in [0.1, 0.15) is 37.5 Å². The lowest BCUT2D eigenvalue weighted by molar-refractivity contribution is 0.150. The molecule has 2 nitrogen and oxygen atoms in total. The summed E-state index contributed by atoms with van der Waals surface area (Å²) in [5, 5.41) is 10.8. The zero-order valence-corrected chi connectivity index (χ0v) is 13.2. The highest BCUT2D eigenvalue weighted by molar-refractivity contribution is 6.31. The molecule has 0 amide bonds. The van der Waals surface area contributed by atoms with Crippen LogP contribution in [0.15, 0.2) is 48.5 Å². The Morgan fingerprint density at radius 2 is 1.81 bits per heavy atom. The molecule has 1 N–H and O–H groups in total. The molecule has 0 saturated carbocycles. The predicted octanol–water partition coefficient (Wildman–Crippen LogP) is 5.00. The zero-order chi connectivity index (χ0) is 15.2. The quantitative estimate of drug-likeness (QED) is 0.814. The molecule has 2 rings (SSSR count). The van der Waals surface area contributed by atoms with E-state index < -0.39 is 6.10 Å². The van der Waals surface area contributed by atoms with Gasteiger partial charge < -0.3 is 9.84 Å². The number of hydrogen-bond donors (Lipinski definition) is 1. The number of ether oxygens (including phenoxy) is 1. The Hall–Kier alpha value is -1.51. The van der Waals surface area contributed by atoms with Crippen LogP contribution in [0.2, 0.25) is 5.02 Å². The summed E-state index contributed by atoms with van der Waals surface area (Å²) in [6.07, 6.45) is 0.125. The van der Waals surface area contributed by atoms with Gasteiger partial charge >= 0.3 is 0 Å². The predicted molar refractivity (Wildman–Crippen MR) is 86.6 cm³/mol. The molecule has 0 aliphatic carbocycles. The summed E-state index contributed by atoms with van der Waals surface area (Å²) in [6, 6.07) is 15.4. The summed E-state index contributed by atoms with van der Waals surface area (Å²) in [7, 11) is 0. The van der Waals surface area contributed by atoms with Crippen LogP contribution in [0.5, 0.6) is 5.75 Å². The van der Waals surface area contributed by atoms with Crippen molar-refractivity contribution >= 4 is 11.6 Å². The van der Waals surface area contributed by atoms with Crippen molar-refractivity contribution in [3.63, 3.8) is 0 Å². The van der Waals surface area contributed by atoms with Crippen LogP contribution < -0.4 is 4.74 Å². The van der Waals surface area contributed by atoms with E-state index in [9.17, 15) is 5.11 Å². The molecule has 0 heterocycles. The second kappa shape index (κ2) is 7.48. The van der Waals surface area contributed by atoms with Crippen molar-refractivity contribution in [2.24, 2.45) is 5.92 Å². The van der Waals surface area contributed by atoms with Crippen LogP contribution in [0.4, 0.5) is 0 Å². The Bertz CT molecular complexity index is 567. The molecule has 0 saturated heterocycles. The molecule has 0 aromatic heterocycles. The molecule has 1 atom stereocenters. The Balaban J connectivity index is 2.07. The van der Waals surface area contributed by atoms with Crippen LogP contribution in [0.3, 0.4) is 0 Å². The van der Waals surface area contributed by atoms with Gasteiger partial charge in [0.15, 0.2) is 0 Å². The van der Waals surface area contributed by atoms with E-state index in [1.165, 1.54) is 0 Å². The molecular weight excluding hydrogens is 284 g/mol. The maximum Gasteiger partial charge on any atom is 0.120 e. The molecule has 1 unspecified atom stereocenters. The molecule has 0 radical (unpaired) electrons. The average molecular weight is 305 g/mol.